The van der Waals surface area contributed by atoms with Gasteiger partial charge in [-0.1, -0.05) is 27.2 Å². The van der Waals surface area contributed by atoms with Crippen molar-refractivity contribution >= 4 is 16.5 Å². The normalized spacial score (nSPS) is 11.1. The van der Waals surface area contributed by atoms with Crippen molar-refractivity contribution in [2.45, 2.75) is 53.1 Å². The van der Waals surface area contributed by atoms with Gasteiger partial charge in [-0.25, -0.2) is 4.98 Å². The molecule has 0 aliphatic carbocycles. The van der Waals surface area contributed by atoms with Crippen molar-refractivity contribution in [1.82, 2.24) is 10.3 Å². The smallest absolute Gasteiger partial charge is 0.185 e. The van der Waals surface area contributed by atoms with Crippen molar-refractivity contribution in [1.29, 1.82) is 0 Å². The summed E-state index contributed by atoms with van der Waals surface area (Å²) in [5.41, 5.74) is 1.16. The fourth-order valence-corrected chi connectivity index (χ4v) is 2.49. The summed E-state index contributed by atoms with van der Waals surface area (Å²) >= 11 is 1.76. The van der Waals surface area contributed by atoms with Gasteiger partial charge in [0.1, 0.15) is 0 Å². The van der Waals surface area contributed by atoms with Crippen LogP contribution in [0.2, 0.25) is 0 Å². The Labute approximate surface area is 109 Å². The Bertz CT molecular complexity index is 309. The fourth-order valence-electron chi connectivity index (χ4n) is 1.57. The fraction of sp³-hybridized carbons (Fsp3) is 0.769. The maximum Gasteiger partial charge on any atom is 0.185 e. The third-order valence-corrected chi connectivity index (χ3v) is 3.62. The lowest BCUT2D eigenvalue weighted by atomic mass is 10.3. The van der Waals surface area contributed by atoms with Crippen LogP contribution in [0.5, 0.6) is 0 Å². The van der Waals surface area contributed by atoms with Gasteiger partial charge in [0.25, 0.3) is 0 Å². The first kappa shape index (κ1) is 14.5. The highest BCUT2D eigenvalue weighted by Crippen LogP contribution is 2.20. The van der Waals surface area contributed by atoms with E-state index in [4.69, 9.17) is 0 Å². The molecule has 0 spiro atoms. The van der Waals surface area contributed by atoms with Crippen LogP contribution in [-0.2, 0) is 6.54 Å². The molecule has 1 N–H and O–H groups in total. The van der Waals surface area contributed by atoms with Gasteiger partial charge in [0.2, 0.25) is 0 Å². The molecule has 0 bridgehead atoms. The van der Waals surface area contributed by atoms with Crippen molar-refractivity contribution < 1.29 is 0 Å². The van der Waals surface area contributed by atoms with E-state index in [0.717, 1.165) is 25.3 Å². The summed E-state index contributed by atoms with van der Waals surface area (Å²) in [6.07, 6.45) is 2.48. The molecule has 0 fully saturated rings. The second-order valence-corrected chi connectivity index (χ2v) is 5.43. The van der Waals surface area contributed by atoms with Crippen LogP contribution in [0.25, 0.3) is 0 Å². The van der Waals surface area contributed by atoms with E-state index in [2.05, 4.69) is 48.3 Å². The first-order valence-electron chi connectivity index (χ1n) is 6.60. The van der Waals surface area contributed by atoms with E-state index in [0.29, 0.717) is 6.04 Å². The van der Waals surface area contributed by atoms with E-state index < -0.39 is 0 Å². The second-order valence-electron chi connectivity index (χ2n) is 4.59. The number of aromatic nitrogens is 1. The summed E-state index contributed by atoms with van der Waals surface area (Å²) < 4.78 is 0. The van der Waals surface area contributed by atoms with E-state index in [1.165, 1.54) is 18.0 Å². The van der Waals surface area contributed by atoms with Crippen molar-refractivity contribution in [3.8, 4) is 0 Å². The molecule has 0 saturated heterocycles. The molecule has 17 heavy (non-hydrogen) atoms. The van der Waals surface area contributed by atoms with Gasteiger partial charge in [0, 0.05) is 31.1 Å². The van der Waals surface area contributed by atoms with Crippen molar-refractivity contribution in [2.75, 3.05) is 18.0 Å². The highest BCUT2D eigenvalue weighted by atomic mass is 32.1. The van der Waals surface area contributed by atoms with Crippen LogP contribution in [0.4, 0.5) is 5.13 Å². The molecule has 3 nitrogen and oxygen atoms in total. The van der Waals surface area contributed by atoms with Crippen molar-refractivity contribution in [3.63, 3.8) is 0 Å². The summed E-state index contributed by atoms with van der Waals surface area (Å²) in [4.78, 5) is 7.06. The number of hydrogen-bond donors (Lipinski definition) is 1. The molecule has 0 atom stereocenters. The molecule has 0 aliphatic rings. The highest BCUT2D eigenvalue weighted by molar-refractivity contribution is 7.13. The molecule has 4 heteroatoms. The average Bonchev–Trinajstić information content (AvgIpc) is 2.76. The van der Waals surface area contributed by atoms with Gasteiger partial charge in [-0.15, -0.1) is 11.3 Å². The number of hydrogen-bond acceptors (Lipinski definition) is 4. The second kappa shape index (κ2) is 7.67. The molecular weight excluding hydrogens is 230 g/mol. The van der Waals surface area contributed by atoms with Crippen molar-refractivity contribution in [2.24, 2.45) is 0 Å². The minimum absolute atomic E-state index is 0.516. The summed E-state index contributed by atoms with van der Waals surface area (Å²) in [5, 5.41) is 6.73. The quantitative estimate of drug-likeness (QED) is 0.773. The third kappa shape index (κ3) is 5.04. The van der Waals surface area contributed by atoms with Gasteiger partial charge in [0.15, 0.2) is 5.13 Å². The lowest BCUT2D eigenvalue weighted by molar-refractivity contribution is 0.582. The van der Waals surface area contributed by atoms with Gasteiger partial charge in [0.05, 0.1) is 5.69 Å². The number of thiazole rings is 1. The zero-order valence-corrected chi connectivity index (χ0v) is 12.3. The Morgan fingerprint density at radius 2 is 2.18 bits per heavy atom. The predicted octanol–water partition coefficient (Wildman–Crippen LogP) is 3.27. The topological polar surface area (TPSA) is 28.2 Å². The third-order valence-electron chi connectivity index (χ3n) is 2.66. The molecule has 1 aromatic rings. The van der Waals surface area contributed by atoms with E-state index >= 15 is 0 Å². The Hall–Kier alpha value is -0.610. The lowest BCUT2D eigenvalue weighted by Gasteiger charge is -2.19. The SMILES string of the molecule is CCCCN(CC)c1nc(CNC(C)C)cs1. The maximum absolute atomic E-state index is 4.69. The Morgan fingerprint density at radius 3 is 2.76 bits per heavy atom. The zero-order valence-electron chi connectivity index (χ0n) is 11.5. The summed E-state index contributed by atoms with van der Waals surface area (Å²) in [6, 6.07) is 0.516. The number of nitrogens with zero attached hydrogens (tertiary/aromatic N) is 2. The van der Waals surface area contributed by atoms with Gasteiger partial charge in [-0.3, -0.25) is 0 Å². The molecule has 0 amide bonds. The molecule has 0 unspecified atom stereocenters. The van der Waals surface area contributed by atoms with Crippen molar-refractivity contribution in [3.05, 3.63) is 11.1 Å². The maximum atomic E-state index is 4.69. The Kier molecular flexibility index (Phi) is 6.52. The largest absolute Gasteiger partial charge is 0.348 e. The monoisotopic (exact) mass is 255 g/mol. The number of unbranched alkanes of at least 4 members (excludes halogenated alkanes) is 1. The van der Waals surface area contributed by atoms with Crippen LogP contribution in [0.1, 0.15) is 46.2 Å². The Morgan fingerprint density at radius 1 is 1.41 bits per heavy atom. The summed E-state index contributed by atoms with van der Waals surface area (Å²) in [6.45, 7) is 11.8. The van der Waals surface area contributed by atoms with Gasteiger partial charge in [-0.05, 0) is 13.3 Å². The number of rotatable bonds is 8. The van der Waals surface area contributed by atoms with Gasteiger partial charge >= 0.3 is 0 Å². The van der Waals surface area contributed by atoms with E-state index in [1.807, 2.05) is 0 Å². The first-order chi connectivity index (χ1) is 8.17. The first-order valence-corrected chi connectivity index (χ1v) is 7.48. The molecular formula is C13H25N3S. The summed E-state index contributed by atoms with van der Waals surface area (Å²) in [7, 11) is 0. The molecule has 1 rings (SSSR count). The molecule has 98 valence electrons. The molecule has 1 heterocycles. The molecule has 0 aromatic carbocycles. The van der Waals surface area contributed by atoms with Gasteiger partial charge in [-0.2, -0.15) is 0 Å². The minimum atomic E-state index is 0.516. The van der Waals surface area contributed by atoms with E-state index in [1.54, 1.807) is 11.3 Å². The van der Waals surface area contributed by atoms with Crippen LogP contribution in [0, 0.1) is 0 Å². The highest BCUT2D eigenvalue weighted by Gasteiger charge is 2.08. The molecule has 1 aromatic heterocycles. The minimum Gasteiger partial charge on any atom is -0.348 e. The predicted molar refractivity (Wildman–Crippen MR) is 76.9 cm³/mol. The van der Waals surface area contributed by atoms with E-state index in [-0.39, 0.29) is 0 Å². The van der Waals surface area contributed by atoms with Crippen LogP contribution < -0.4 is 10.2 Å². The van der Waals surface area contributed by atoms with Crippen LogP contribution in [0.15, 0.2) is 5.38 Å². The number of nitrogens with one attached hydrogen (secondary N) is 1. The van der Waals surface area contributed by atoms with Crippen LogP contribution >= 0.6 is 11.3 Å². The van der Waals surface area contributed by atoms with E-state index in [9.17, 15) is 0 Å². The Balaban J connectivity index is 2.52. The summed E-state index contributed by atoms with van der Waals surface area (Å²) in [5.74, 6) is 0. The zero-order chi connectivity index (χ0) is 12.7. The molecule has 0 aliphatic heterocycles. The van der Waals surface area contributed by atoms with Crippen LogP contribution in [-0.4, -0.2) is 24.1 Å². The lowest BCUT2D eigenvalue weighted by Crippen LogP contribution is -2.24. The molecule has 0 saturated carbocycles. The number of anilines is 1. The average molecular weight is 255 g/mol. The molecule has 0 radical (unpaired) electrons. The standard InChI is InChI=1S/C13H25N3S/c1-5-7-8-16(6-2)13-15-12(10-17-13)9-14-11(3)4/h10-11,14H,5-9H2,1-4H3. The van der Waals surface area contributed by atoms with Gasteiger partial charge < -0.3 is 10.2 Å². The van der Waals surface area contributed by atoms with Crippen LogP contribution in [0.3, 0.4) is 0 Å².